The molecule has 58 heavy (non-hydrogen) atoms. The number of amides is 5. The van der Waals surface area contributed by atoms with Crippen molar-refractivity contribution < 1.29 is 55.0 Å². The topological polar surface area (TPSA) is 181 Å². The lowest BCUT2D eigenvalue weighted by atomic mass is 9.85. The first-order chi connectivity index (χ1) is 27.0. The van der Waals surface area contributed by atoms with Crippen LogP contribution in [-0.4, -0.2) is 94.7 Å². The van der Waals surface area contributed by atoms with Crippen LogP contribution in [0.25, 0.3) is 0 Å². The van der Waals surface area contributed by atoms with Gasteiger partial charge in [-0.1, -0.05) is 44.6 Å². The lowest BCUT2D eigenvalue weighted by Crippen LogP contribution is -2.60. The van der Waals surface area contributed by atoms with Crippen molar-refractivity contribution in [2.45, 2.75) is 146 Å². The van der Waals surface area contributed by atoms with Gasteiger partial charge in [-0.3, -0.25) is 24.0 Å². The van der Waals surface area contributed by atoms with Crippen LogP contribution < -0.4 is 15.4 Å². The number of ether oxygens (including phenoxy) is 2. The first-order valence-electron chi connectivity index (χ1n) is 20.0. The molecule has 14 nitrogen and oxygen atoms in total. The number of sulfonamides is 1. The van der Waals surface area contributed by atoms with E-state index in [-0.39, 0.29) is 38.4 Å². The Morgan fingerprint density at radius 2 is 1.79 bits per heavy atom. The average molecular weight is 838 g/mol. The highest BCUT2D eigenvalue weighted by molar-refractivity contribution is 7.91. The summed E-state index contributed by atoms with van der Waals surface area (Å²) in [7, 11) is -4.09. The summed E-state index contributed by atoms with van der Waals surface area (Å²) in [6.45, 7) is 7.66. The van der Waals surface area contributed by atoms with Crippen LogP contribution in [0.4, 0.5) is 22.8 Å². The fourth-order valence-corrected chi connectivity index (χ4v) is 9.33. The Bertz CT molecular complexity index is 1970. The van der Waals surface area contributed by atoms with Gasteiger partial charge >= 0.3 is 12.2 Å². The Morgan fingerprint density at radius 3 is 2.43 bits per heavy atom. The van der Waals surface area contributed by atoms with Gasteiger partial charge in [0.05, 0.1) is 17.8 Å². The van der Waals surface area contributed by atoms with Crippen LogP contribution in [0.5, 0.6) is 0 Å². The minimum absolute atomic E-state index is 0.0155. The summed E-state index contributed by atoms with van der Waals surface area (Å²) >= 11 is 0. The molecule has 1 aromatic rings. The van der Waals surface area contributed by atoms with Gasteiger partial charge in [-0.2, -0.15) is 0 Å². The van der Waals surface area contributed by atoms with E-state index in [1.165, 1.54) is 24.0 Å². The van der Waals surface area contributed by atoms with Gasteiger partial charge in [0.2, 0.25) is 21.8 Å². The summed E-state index contributed by atoms with van der Waals surface area (Å²) in [6.07, 6.45) is 3.00. The second kappa shape index (κ2) is 15.7. The van der Waals surface area contributed by atoms with E-state index in [4.69, 9.17) is 9.47 Å². The molecule has 1 aromatic carbocycles. The first kappa shape index (κ1) is 43.2. The third-order valence-corrected chi connectivity index (χ3v) is 14.9. The number of carbonyl (C=O) groups excluding carboxylic acids is 5. The van der Waals surface area contributed by atoms with Crippen LogP contribution in [0.15, 0.2) is 30.4 Å². The van der Waals surface area contributed by atoms with Crippen molar-refractivity contribution in [3.63, 3.8) is 0 Å². The number of halogens is 3. The second-order valence-electron chi connectivity index (χ2n) is 17.6. The number of allylic oxidation sites excluding steroid dienone is 1. The third-order valence-electron chi connectivity index (χ3n) is 12.7. The number of hydrogen-bond acceptors (Lipinski definition) is 9. The van der Waals surface area contributed by atoms with Crippen molar-refractivity contribution in [1.29, 1.82) is 0 Å². The maximum Gasteiger partial charge on any atom is 0.410 e. The maximum absolute atomic E-state index is 14.8. The molecule has 2 aliphatic carbocycles. The van der Waals surface area contributed by atoms with Crippen LogP contribution in [0.2, 0.25) is 0 Å². The van der Waals surface area contributed by atoms with Gasteiger partial charge in [-0.25, -0.2) is 31.2 Å². The molecule has 5 amide bonds. The minimum Gasteiger partial charge on any atom is -0.444 e. The zero-order valence-corrected chi connectivity index (χ0v) is 34.6. The molecule has 6 rings (SSSR count). The predicted octanol–water partition coefficient (Wildman–Crippen LogP) is 5.05. The lowest BCUT2D eigenvalue weighted by Gasteiger charge is -2.35. The summed E-state index contributed by atoms with van der Waals surface area (Å²) in [5.74, 6) is -7.57. The summed E-state index contributed by atoms with van der Waals surface area (Å²) in [5, 5.41) is 5.29. The standard InChI is InChI=1S/C40H54F3N5O9S/c1-7-24-17-23(2)11-8-9-13-26-19-40(26,34(51)46-58(54,55)38(5)15-16-38)45-32(49)30-18-27(56-36(53)47-20-25-12-10-14-29(41)28(25)22-47)21-48(30)33(50)31(24)44-35(52)57-37(3,4)39(6,42)43/h9-10,12-14,23-24,26-27,30-31H,7-8,11,15-22H2,1-6H3,(H,44,52)(H,45,49)(H,46,51)/t23-,24+,26+,27+,30-,31-,40+/m0/s1. The van der Waals surface area contributed by atoms with Crippen molar-refractivity contribution in [1.82, 2.24) is 25.2 Å². The van der Waals surface area contributed by atoms with Crippen molar-refractivity contribution in [3.8, 4) is 0 Å². The number of benzene rings is 1. The molecular formula is C40H54F3N5O9S. The van der Waals surface area contributed by atoms with Crippen molar-refractivity contribution in [2.24, 2.45) is 17.8 Å². The number of carbonyl (C=O) groups is 5. The van der Waals surface area contributed by atoms with E-state index in [9.17, 15) is 45.6 Å². The Morgan fingerprint density at radius 1 is 1.09 bits per heavy atom. The zero-order valence-electron chi connectivity index (χ0n) is 33.7. The Labute approximate surface area is 337 Å². The summed E-state index contributed by atoms with van der Waals surface area (Å²) < 4.78 is 81.8. The van der Waals surface area contributed by atoms with Gasteiger partial charge in [-0.05, 0) is 82.8 Å². The molecule has 0 radical (unpaired) electrons. The van der Waals surface area contributed by atoms with Crippen LogP contribution >= 0.6 is 0 Å². The largest absolute Gasteiger partial charge is 0.444 e. The number of nitrogens with one attached hydrogen (secondary N) is 3. The maximum atomic E-state index is 14.8. The van der Waals surface area contributed by atoms with Crippen LogP contribution in [0.1, 0.15) is 104 Å². The lowest BCUT2D eigenvalue weighted by molar-refractivity contribution is -0.152. The highest BCUT2D eigenvalue weighted by Crippen LogP contribution is 2.48. The van der Waals surface area contributed by atoms with E-state index >= 15 is 0 Å². The Balaban J connectivity index is 1.32. The molecule has 3 fully saturated rings. The van der Waals surface area contributed by atoms with E-state index in [1.807, 2.05) is 19.9 Å². The monoisotopic (exact) mass is 837 g/mol. The molecule has 7 atom stereocenters. The molecular weight excluding hydrogens is 784 g/mol. The fourth-order valence-electron chi connectivity index (χ4n) is 8.02. The van der Waals surface area contributed by atoms with Crippen LogP contribution in [0, 0.1) is 23.6 Å². The molecule has 0 unspecified atom stereocenters. The minimum atomic E-state index is -4.09. The number of hydrogen-bond donors (Lipinski definition) is 3. The molecule has 3 N–H and O–H groups in total. The molecule has 0 aromatic heterocycles. The van der Waals surface area contributed by atoms with E-state index in [0.29, 0.717) is 56.6 Å². The number of nitrogens with zero attached hydrogens (tertiary/aromatic N) is 2. The zero-order chi connectivity index (χ0) is 42.6. The molecule has 2 saturated carbocycles. The van der Waals surface area contributed by atoms with E-state index in [0.717, 1.165) is 18.7 Å². The van der Waals surface area contributed by atoms with Crippen LogP contribution in [0.3, 0.4) is 0 Å². The number of alkyl carbamates (subject to hydrolysis) is 1. The van der Waals surface area contributed by atoms with Crippen molar-refractivity contribution in [3.05, 3.63) is 47.3 Å². The van der Waals surface area contributed by atoms with Gasteiger partial charge in [0, 0.05) is 31.4 Å². The van der Waals surface area contributed by atoms with Crippen molar-refractivity contribution >= 4 is 39.9 Å². The average Bonchev–Trinajstić information content (AvgIpc) is 3.92. The van der Waals surface area contributed by atoms with Gasteiger partial charge < -0.3 is 25.0 Å². The highest BCUT2D eigenvalue weighted by atomic mass is 32.2. The molecule has 0 spiro atoms. The smallest absolute Gasteiger partial charge is 0.410 e. The fraction of sp³-hybridized carbons (Fsp3) is 0.675. The molecule has 320 valence electrons. The van der Waals surface area contributed by atoms with E-state index in [1.54, 1.807) is 12.1 Å². The van der Waals surface area contributed by atoms with Gasteiger partial charge in [0.15, 0.2) is 5.60 Å². The second-order valence-corrected chi connectivity index (χ2v) is 19.8. The number of alkyl halides is 2. The number of rotatable bonds is 8. The molecule has 3 aliphatic heterocycles. The highest BCUT2D eigenvalue weighted by Gasteiger charge is 2.63. The molecule has 18 heteroatoms. The molecule has 1 saturated heterocycles. The van der Waals surface area contributed by atoms with Gasteiger partial charge in [0.1, 0.15) is 29.5 Å². The van der Waals surface area contributed by atoms with E-state index in [2.05, 4.69) is 15.4 Å². The summed E-state index contributed by atoms with van der Waals surface area (Å²) in [4.78, 5) is 72.4. The SMILES string of the molecule is CC[C@@H]1C[C@@H](C)CCC=C[C@@H]2C[C@@]2(C(=O)NS(=O)(=O)C2(C)CC2)NC(=O)[C@@H]2C[C@@H](OC(=O)N3Cc4cccc(F)c4C3)CN2C(=O)[C@H]1NC(=O)OC(C)(C)C(C)(F)F. The van der Waals surface area contributed by atoms with Crippen LogP contribution in [-0.2, 0) is 47.0 Å². The number of fused-ring (bicyclic) bond motifs is 3. The molecule has 5 aliphatic rings. The summed E-state index contributed by atoms with van der Waals surface area (Å²) in [5.41, 5.74) is -2.98. The molecule has 0 bridgehead atoms. The van der Waals surface area contributed by atoms with Gasteiger partial charge in [0.25, 0.3) is 11.8 Å². The Kier molecular flexibility index (Phi) is 11.7. The third kappa shape index (κ3) is 8.67. The van der Waals surface area contributed by atoms with E-state index < -0.39 is 97.6 Å². The van der Waals surface area contributed by atoms with Gasteiger partial charge in [-0.15, -0.1) is 0 Å². The van der Waals surface area contributed by atoms with Crippen molar-refractivity contribution in [2.75, 3.05) is 6.54 Å². The predicted molar refractivity (Wildman–Crippen MR) is 204 cm³/mol. The quantitative estimate of drug-likeness (QED) is 0.302. The normalized spacial score (nSPS) is 29.8. The molecule has 3 heterocycles. The first-order valence-corrected chi connectivity index (χ1v) is 21.4. The Hall–Kier alpha value is -4.35. The summed E-state index contributed by atoms with van der Waals surface area (Å²) in [6, 6.07) is 1.74.